The van der Waals surface area contributed by atoms with Crippen molar-refractivity contribution in [3.63, 3.8) is 0 Å². The number of rotatable bonds is 8. The summed E-state index contributed by atoms with van der Waals surface area (Å²) in [5.74, 6) is -0.218. The molecular formula is C19H24O2S. The molecule has 0 N–H and O–H groups in total. The van der Waals surface area contributed by atoms with Crippen molar-refractivity contribution >= 4 is 17.3 Å². The Labute approximate surface area is 137 Å². The van der Waals surface area contributed by atoms with Gasteiger partial charge < -0.3 is 4.74 Å². The van der Waals surface area contributed by atoms with Crippen LogP contribution in [0.4, 0.5) is 0 Å². The van der Waals surface area contributed by atoms with Crippen molar-refractivity contribution in [1.29, 1.82) is 0 Å². The van der Waals surface area contributed by atoms with E-state index >= 15 is 0 Å². The first-order chi connectivity index (χ1) is 10.7. The number of carbonyl (C=O) groups is 1. The van der Waals surface area contributed by atoms with Crippen molar-refractivity contribution in [2.24, 2.45) is 0 Å². The predicted molar refractivity (Wildman–Crippen MR) is 92.7 cm³/mol. The lowest BCUT2D eigenvalue weighted by Gasteiger charge is -2.05. The Balaban J connectivity index is 1.54. The highest BCUT2D eigenvalue weighted by Gasteiger charge is 2.05. The highest BCUT2D eigenvalue weighted by atomic mass is 32.1. The molecule has 2 nitrogen and oxygen atoms in total. The van der Waals surface area contributed by atoms with E-state index in [0.717, 1.165) is 12.8 Å². The molecule has 1 aromatic heterocycles. The molecule has 2 aromatic rings. The number of thiophene rings is 1. The average Bonchev–Trinajstić information content (AvgIpc) is 2.84. The van der Waals surface area contributed by atoms with E-state index in [9.17, 15) is 4.79 Å². The highest BCUT2D eigenvalue weighted by Crippen LogP contribution is 2.22. The molecule has 0 aliphatic heterocycles. The molecule has 1 aromatic carbocycles. The Morgan fingerprint density at radius 3 is 2.45 bits per heavy atom. The number of benzene rings is 1. The fourth-order valence-electron chi connectivity index (χ4n) is 2.53. The molecule has 0 aliphatic carbocycles. The summed E-state index contributed by atoms with van der Waals surface area (Å²) in [5, 5.41) is 0. The van der Waals surface area contributed by atoms with Crippen LogP contribution in [0.25, 0.3) is 0 Å². The largest absolute Gasteiger partial charge is 0.462 e. The number of hydrogen-bond donors (Lipinski definition) is 0. The van der Waals surface area contributed by atoms with Crippen molar-refractivity contribution in [1.82, 2.24) is 0 Å². The van der Waals surface area contributed by atoms with E-state index < -0.39 is 0 Å². The maximum absolute atomic E-state index is 11.7. The number of carbonyl (C=O) groups excluding carboxylic acids is 1. The molecule has 0 aliphatic rings. The summed E-state index contributed by atoms with van der Waals surface area (Å²) in [5.41, 5.74) is 2.13. The normalized spacial score (nSPS) is 10.6. The molecular weight excluding hydrogens is 292 g/mol. The van der Waals surface area contributed by atoms with Crippen LogP contribution < -0.4 is 0 Å². The third-order valence-corrected chi connectivity index (χ3v) is 4.74. The van der Waals surface area contributed by atoms with E-state index in [2.05, 4.69) is 19.9 Å². The van der Waals surface area contributed by atoms with E-state index in [4.69, 9.17) is 4.74 Å². The predicted octanol–water partition coefficient (Wildman–Crippen LogP) is 5.32. The number of ether oxygens (including phenoxy) is 1. The summed E-state index contributed by atoms with van der Waals surface area (Å²) >= 11 is 1.88. The topological polar surface area (TPSA) is 26.3 Å². The van der Waals surface area contributed by atoms with E-state index in [1.807, 2.05) is 29.5 Å². The maximum Gasteiger partial charge on any atom is 0.338 e. The molecule has 0 saturated heterocycles. The highest BCUT2D eigenvalue weighted by molar-refractivity contribution is 7.12. The molecule has 3 heteroatoms. The lowest BCUT2D eigenvalue weighted by molar-refractivity contribution is 0.0497. The van der Waals surface area contributed by atoms with Crippen molar-refractivity contribution in [2.75, 3.05) is 6.61 Å². The molecule has 0 bridgehead atoms. The monoisotopic (exact) mass is 316 g/mol. The third-order valence-electron chi connectivity index (χ3n) is 3.73. The Morgan fingerprint density at radius 1 is 1.05 bits per heavy atom. The lowest BCUT2D eigenvalue weighted by atomic mass is 10.1. The molecule has 0 atom stereocenters. The van der Waals surface area contributed by atoms with E-state index in [1.165, 1.54) is 34.6 Å². The van der Waals surface area contributed by atoms with Crippen LogP contribution in [-0.2, 0) is 11.2 Å². The van der Waals surface area contributed by atoms with Gasteiger partial charge in [-0.25, -0.2) is 4.79 Å². The minimum absolute atomic E-state index is 0.218. The van der Waals surface area contributed by atoms with Gasteiger partial charge in [-0.15, -0.1) is 11.3 Å². The van der Waals surface area contributed by atoms with Gasteiger partial charge in [0, 0.05) is 9.75 Å². The average molecular weight is 316 g/mol. The van der Waals surface area contributed by atoms with E-state index in [0.29, 0.717) is 12.2 Å². The maximum atomic E-state index is 11.7. The Bertz CT molecular complexity index is 587. The number of esters is 1. The first-order valence-corrected chi connectivity index (χ1v) is 8.76. The van der Waals surface area contributed by atoms with Crippen LogP contribution >= 0.6 is 11.3 Å². The van der Waals surface area contributed by atoms with E-state index in [1.54, 1.807) is 12.1 Å². The second kappa shape index (κ2) is 8.74. The second-order valence-corrected chi connectivity index (χ2v) is 7.07. The van der Waals surface area contributed by atoms with Crippen LogP contribution in [0.1, 0.15) is 51.4 Å². The van der Waals surface area contributed by atoms with Crippen LogP contribution in [0, 0.1) is 13.8 Å². The molecule has 22 heavy (non-hydrogen) atoms. The van der Waals surface area contributed by atoms with Gasteiger partial charge >= 0.3 is 5.97 Å². The SMILES string of the molecule is Cc1cc(CCCCCCOC(=O)c2ccccc2)c(C)s1. The van der Waals surface area contributed by atoms with Gasteiger partial charge in [0.2, 0.25) is 0 Å². The summed E-state index contributed by atoms with van der Waals surface area (Å²) < 4.78 is 5.28. The molecule has 1 heterocycles. The molecule has 118 valence electrons. The van der Waals surface area contributed by atoms with Crippen molar-refractivity contribution in [2.45, 2.75) is 46.0 Å². The van der Waals surface area contributed by atoms with Gasteiger partial charge in [0.05, 0.1) is 12.2 Å². The quantitative estimate of drug-likeness (QED) is 0.486. The van der Waals surface area contributed by atoms with Gasteiger partial charge in [0.25, 0.3) is 0 Å². The Morgan fingerprint density at radius 2 is 1.77 bits per heavy atom. The van der Waals surface area contributed by atoms with Crippen LogP contribution in [0.15, 0.2) is 36.4 Å². The fourth-order valence-corrected chi connectivity index (χ4v) is 3.50. The molecule has 0 unspecified atom stereocenters. The van der Waals surface area contributed by atoms with Gasteiger partial charge in [0.1, 0.15) is 0 Å². The minimum Gasteiger partial charge on any atom is -0.462 e. The van der Waals surface area contributed by atoms with E-state index in [-0.39, 0.29) is 5.97 Å². The van der Waals surface area contributed by atoms with Crippen LogP contribution in [0.5, 0.6) is 0 Å². The molecule has 0 amide bonds. The summed E-state index contributed by atoms with van der Waals surface area (Å²) in [6.07, 6.45) is 5.63. The molecule has 0 radical (unpaired) electrons. The third kappa shape index (κ3) is 5.30. The van der Waals surface area contributed by atoms with Crippen molar-refractivity contribution in [3.8, 4) is 0 Å². The minimum atomic E-state index is -0.218. The number of unbranched alkanes of at least 4 members (excludes halogenated alkanes) is 3. The van der Waals surface area contributed by atoms with Crippen LogP contribution in [0.2, 0.25) is 0 Å². The Kier molecular flexibility index (Phi) is 6.66. The second-order valence-electron chi connectivity index (χ2n) is 5.60. The summed E-state index contributed by atoms with van der Waals surface area (Å²) in [4.78, 5) is 14.6. The number of hydrogen-bond acceptors (Lipinski definition) is 3. The van der Waals surface area contributed by atoms with Crippen molar-refractivity contribution < 1.29 is 9.53 Å². The zero-order chi connectivity index (χ0) is 15.8. The summed E-state index contributed by atoms with van der Waals surface area (Å²) in [6, 6.07) is 11.5. The zero-order valence-corrected chi connectivity index (χ0v) is 14.2. The molecule has 2 rings (SSSR count). The fraction of sp³-hybridized carbons (Fsp3) is 0.421. The molecule has 0 fully saturated rings. The summed E-state index contributed by atoms with van der Waals surface area (Å²) in [6.45, 7) is 4.89. The van der Waals surface area contributed by atoms with Crippen LogP contribution in [0.3, 0.4) is 0 Å². The zero-order valence-electron chi connectivity index (χ0n) is 13.4. The number of aryl methyl sites for hydroxylation is 3. The van der Waals surface area contributed by atoms with Gasteiger partial charge in [-0.3, -0.25) is 0 Å². The first kappa shape index (κ1) is 16.8. The van der Waals surface area contributed by atoms with Gasteiger partial charge in [-0.05, 0) is 56.9 Å². The smallest absolute Gasteiger partial charge is 0.338 e. The first-order valence-electron chi connectivity index (χ1n) is 7.95. The van der Waals surface area contributed by atoms with Gasteiger partial charge in [-0.2, -0.15) is 0 Å². The van der Waals surface area contributed by atoms with Gasteiger partial charge in [-0.1, -0.05) is 31.0 Å². The van der Waals surface area contributed by atoms with Gasteiger partial charge in [0.15, 0.2) is 0 Å². The van der Waals surface area contributed by atoms with Crippen molar-refractivity contribution in [3.05, 3.63) is 57.3 Å². The Hall–Kier alpha value is -1.61. The van der Waals surface area contributed by atoms with Crippen LogP contribution in [-0.4, -0.2) is 12.6 Å². The lowest BCUT2D eigenvalue weighted by Crippen LogP contribution is -2.06. The standard InChI is InChI=1S/C19H24O2S/c1-15-14-18(16(2)22-15)12-6-3-4-9-13-21-19(20)17-10-7-5-8-11-17/h5,7-8,10-11,14H,3-4,6,9,12-13H2,1-2H3. The summed E-state index contributed by atoms with van der Waals surface area (Å²) in [7, 11) is 0. The molecule has 0 spiro atoms. The molecule has 0 saturated carbocycles.